The Morgan fingerprint density at radius 3 is 2.00 bits per heavy atom. The highest BCUT2D eigenvalue weighted by atomic mass is 16.4. The number of aliphatic hydroxyl groups excluding tert-OH is 2. The number of benzene rings is 1. The molecular formula is C13H19NO6. The number of rotatable bonds is 5. The van der Waals surface area contributed by atoms with Gasteiger partial charge in [0.05, 0.1) is 12.0 Å². The van der Waals surface area contributed by atoms with Crippen LogP contribution < -0.4 is 10.8 Å². The number of carboxylic acids is 2. The van der Waals surface area contributed by atoms with Crippen molar-refractivity contribution in [2.45, 2.75) is 31.6 Å². The van der Waals surface area contributed by atoms with E-state index in [1.54, 1.807) is 0 Å². The molecule has 0 saturated heterocycles. The Hall–Kier alpha value is -1.96. The first kappa shape index (κ1) is 18.0. The first-order chi connectivity index (χ1) is 9.25. The highest BCUT2D eigenvalue weighted by Crippen LogP contribution is 1.99. The van der Waals surface area contributed by atoms with E-state index in [4.69, 9.17) is 15.3 Å². The second-order valence-electron chi connectivity index (χ2n) is 4.34. The van der Waals surface area contributed by atoms with Crippen molar-refractivity contribution in [1.29, 1.82) is 0 Å². The maximum absolute atomic E-state index is 9.74. The molecule has 1 aromatic carbocycles. The number of aliphatic hydroxyl groups is 2. The standard InChI is InChI=1S/C9H13N.C4H6O6/c1-8(10)7-9-5-3-2-4-6-9;5-1(3(7)8)2(6)4(9)10/h2-6,8H,7,10H2,1H3;1-2,5-6H,(H,7,8)(H,9,10)/t8-;1-,2-/m10/s1. The lowest BCUT2D eigenvalue weighted by Gasteiger charge is -2.13. The molecule has 0 saturated carbocycles. The molecule has 20 heavy (non-hydrogen) atoms. The fraction of sp³-hybridized carbons (Fsp3) is 0.385. The molecule has 0 radical (unpaired) electrons. The molecule has 7 heteroatoms. The van der Waals surface area contributed by atoms with Crippen LogP contribution in [-0.4, -0.2) is 45.5 Å². The molecule has 0 aliphatic rings. The number of carbonyl (C=O) groups excluding carboxylic acids is 1. The van der Waals surface area contributed by atoms with Crippen LogP contribution in [-0.2, 0) is 16.0 Å². The maximum atomic E-state index is 9.74. The number of hydrogen-bond acceptors (Lipinski definition) is 5. The van der Waals surface area contributed by atoms with E-state index in [2.05, 4.69) is 36.9 Å². The third-order valence-electron chi connectivity index (χ3n) is 2.22. The predicted molar refractivity (Wildman–Crippen MR) is 67.2 cm³/mol. The zero-order valence-electron chi connectivity index (χ0n) is 11.1. The molecule has 7 nitrogen and oxygen atoms in total. The van der Waals surface area contributed by atoms with E-state index in [1.807, 2.05) is 6.07 Å². The summed E-state index contributed by atoms with van der Waals surface area (Å²) < 4.78 is 0. The summed E-state index contributed by atoms with van der Waals surface area (Å²) in [5.41, 5.74) is 5.31. The van der Waals surface area contributed by atoms with Gasteiger partial charge in [0.2, 0.25) is 0 Å². The van der Waals surface area contributed by atoms with Gasteiger partial charge in [-0.05, 0) is 12.5 Å². The van der Waals surface area contributed by atoms with Gasteiger partial charge in [-0.1, -0.05) is 30.3 Å². The SMILES string of the molecule is C[C@@H]([NH3+])Cc1ccccc1.O=C([O-])[C@@H](O)[C@H](O)C(=O)O. The third kappa shape index (κ3) is 7.47. The molecule has 112 valence electrons. The monoisotopic (exact) mass is 285 g/mol. The smallest absolute Gasteiger partial charge is 0.335 e. The van der Waals surface area contributed by atoms with Gasteiger partial charge < -0.3 is 31.0 Å². The molecule has 0 fully saturated rings. The van der Waals surface area contributed by atoms with Gasteiger partial charge in [0.15, 0.2) is 6.10 Å². The summed E-state index contributed by atoms with van der Waals surface area (Å²) in [7, 11) is 0. The van der Waals surface area contributed by atoms with Crippen molar-refractivity contribution in [3.63, 3.8) is 0 Å². The molecule has 0 spiro atoms. The van der Waals surface area contributed by atoms with Crippen LogP contribution in [0.15, 0.2) is 30.3 Å². The Labute approximate surface area is 116 Å². The normalized spacial score (nSPS) is 14.4. The summed E-state index contributed by atoms with van der Waals surface area (Å²) in [6.45, 7) is 2.13. The van der Waals surface area contributed by atoms with Crippen molar-refractivity contribution in [2.75, 3.05) is 0 Å². The van der Waals surface area contributed by atoms with E-state index in [9.17, 15) is 14.7 Å². The van der Waals surface area contributed by atoms with E-state index >= 15 is 0 Å². The van der Waals surface area contributed by atoms with E-state index < -0.39 is 24.1 Å². The van der Waals surface area contributed by atoms with Crippen LogP contribution in [0.1, 0.15) is 12.5 Å². The maximum Gasteiger partial charge on any atom is 0.335 e. The van der Waals surface area contributed by atoms with Crippen LogP contribution >= 0.6 is 0 Å². The topological polar surface area (TPSA) is 146 Å². The minimum Gasteiger partial charge on any atom is -0.547 e. The molecule has 0 aliphatic heterocycles. The molecule has 1 rings (SSSR count). The Morgan fingerprint density at radius 2 is 1.70 bits per heavy atom. The van der Waals surface area contributed by atoms with E-state index in [1.165, 1.54) is 5.56 Å². The second kappa shape index (κ2) is 9.03. The first-order valence-electron chi connectivity index (χ1n) is 5.92. The Bertz CT molecular complexity index is 402. The summed E-state index contributed by atoms with van der Waals surface area (Å²) in [6, 6.07) is 11.0. The first-order valence-corrected chi connectivity index (χ1v) is 5.92. The molecule has 1 aromatic rings. The third-order valence-corrected chi connectivity index (χ3v) is 2.22. The van der Waals surface area contributed by atoms with Gasteiger partial charge in [0, 0.05) is 6.42 Å². The van der Waals surface area contributed by atoms with Gasteiger partial charge in [0.1, 0.15) is 6.10 Å². The van der Waals surface area contributed by atoms with Crippen molar-refractivity contribution in [1.82, 2.24) is 0 Å². The minimum atomic E-state index is -2.38. The Kier molecular flexibility index (Phi) is 8.14. The zero-order chi connectivity index (χ0) is 15.7. The average molecular weight is 285 g/mol. The molecule has 3 atom stereocenters. The second-order valence-corrected chi connectivity index (χ2v) is 4.34. The molecule has 0 bridgehead atoms. The van der Waals surface area contributed by atoms with Gasteiger partial charge in [-0.25, -0.2) is 4.79 Å². The largest absolute Gasteiger partial charge is 0.547 e. The summed E-state index contributed by atoms with van der Waals surface area (Å²) >= 11 is 0. The molecule has 0 heterocycles. The Morgan fingerprint density at radius 1 is 1.20 bits per heavy atom. The quantitative estimate of drug-likeness (QED) is 0.467. The summed E-state index contributed by atoms with van der Waals surface area (Å²) in [5, 5.41) is 34.1. The van der Waals surface area contributed by atoms with E-state index in [0.29, 0.717) is 6.04 Å². The lowest BCUT2D eigenvalue weighted by molar-refractivity contribution is -0.413. The number of quaternary nitrogens is 1. The molecular weight excluding hydrogens is 266 g/mol. The molecule has 6 N–H and O–H groups in total. The fourth-order valence-corrected chi connectivity index (χ4v) is 1.28. The Balaban J connectivity index is 0.000000361. The van der Waals surface area contributed by atoms with Crippen LogP contribution in [0.4, 0.5) is 0 Å². The van der Waals surface area contributed by atoms with Gasteiger partial charge in [0.25, 0.3) is 0 Å². The van der Waals surface area contributed by atoms with Gasteiger partial charge in [-0.15, -0.1) is 0 Å². The van der Waals surface area contributed by atoms with E-state index in [-0.39, 0.29) is 0 Å². The van der Waals surface area contributed by atoms with Crippen molar-refractivity contribution in [2.24, 2.45) is 0 Å². The van der Waals surface area contributed by atoms with Crippen LogP contribution in [0.3, 0.4) is 0 Å². The molecule has 0 amide bonds. The minimum absolute atomic E-state index is 0.516. The zero-order valence-corrected chi connectivity index (χ0v) is 11.1. The van der Waals surface area contributed by atoms with Crippen LogP contribution in [0.2, 0.25) is 0 Å². The highest BCUT2D eigenvalue weighted by molar-refractivity contribution is 5.82. The van der Waals surface area contributed by atoms with Crippen LogP contribution in [0.5, 0.6) is 0 Å². The van der Waals surface area contributed by atoms with Gasteiger partial charge >= 0.3 is 5.97 Å². The lowest BCUT2D eigenvalue weighted by Crippen LogP contribution is -2.60. The summed E-state index contributed by atoms with van der Waals surface area (Å²) in [4.78, 5) is 19.4. The van der Waals surface area contributed by atoms with Crippen molar-refractivity contribution >= 4 is 11.9 Å². The van der Waals surface area contributed by atoms with Crippen molar-refractivity contribution in [3.8, 4) is 0 Å². The molecule has 0 aromatic heterocycles. The van der Waals surface area contributed by atoms with Crippen molar-refractivity contribution < 1.29 is 35.7 Å². The number of aliphatic carboxylic acids is 2. The number of carbonyl (C=O) groups is 2. The predicted octanol–water partition coefficient (Wildman–Crippen LogP) is -2.60. The van der Waals surface area contributed by atoms with Gasteiger partial charge in [-0.2, -0.15) is 0 Å². The summed E-state index contributed by atoms with van der Waals surface area (Å²) in [5.74, 6) is -3.83. The van der Waals surface area contributed by atoms with Crippen LogP contribution in [0, 0.1) is 0 Å². The highest BCUT2D eigenvalue weighted by Gasteiger charge is 2.23. The van der Waals surface area contributed by atoms with Gasteiger partial charge in [-0.3, -0.25) is 0 Å². The van der Waals surface area contributed by atoms with Crippen molar-refractivity contribution in [3.05, 3.63) is 35.9 Å². The fourth-order valence-electron chi connectivity index (χ4n) is 1.28. The molecule has 0 aliphatic carbocycles. The van der Waals surface area contributed by atoms with Crippen LogP contribution in [0.25, 0.3) is 0 Å². The van der Waals surface area contributed by atoms with E-state index in [0.717, 1.165) is 6.42 Å². The number of hydrogen-bond donors (Lipinski definition) is 4. The molecule has 0 unspecified atom stereocenters. The summed E-state index contributed by atoms with van der Waals surface area (Å²) in [6.07, 6.45) is -3.62. The average Bonchev–Trinajstić information content (AvgIpc) is 2.38. The number of carboxylic acid groups (broad SMARTS) is 2. The lowest BCUT2D eigenvalue weighted by atomic mass is 10.1.